The van der Waals surface area contributed by atoms with Crippen LogP contribution < -0.4 is 9.86 Å². The molecule has 0 fully saturated rings. The third kappa shape index (κ3) is 8.25. The van der Waals surface area contributed by atoms with Crippen molar-refractivity contribution < 1.29 is 43.2 Å². The summed E-state index contributed by atoms with van der Waals surface area (Å²) in [4.78, 5) is -2.40. The molecule has 0 spiro atoms. The van der Waals surface area contributed by atoms with E-state index in [9.17, 15) is 43.2 Å². The molecule has 3 N–H and O–H groups in total. The Morgan fingerprint density at radius 2 is 1.23 bits per heavy atom. The van der Waals surface area contributed by atoms with Gasteiger partial charge in [-0.15, -0.1) is 0 Å². The maximum atomic E-state index is 13.8. The van der Waals surface area contributed by atoms with Crippen LogP contribution in [0.25, 0.3) is 0 Å². The maximum absolute atomic E-state index is 13.8. The van der Waals surface area contributed by atoms with Crippen LogP contribution in [0, 0.1) is 0 Å². The first-order chi connectivity index (χ1) is 17.8. The van der Waals surface area contributed by atoms with Gasteiger partial charge in [-0.05, 0) is 73.9 Å². The van der Waals surface area contributed by atoms with Gasteiger partial charge in [0.2, 0.25) is 20.0 Å². The Labute approximate surface area is 239 Å². The van der Waals surface area contributed by atoms with E-state index in [2.05, 4.69) is 4.72 Å². The first-order valence-corrected chi connectivity index (χ1v) is 15.4. The molecule has 2 aromatic carbocycles. The fourth-order valence-corrected chi connectivity index (χ4v) is 7.65. The summed E-state index contributed by atoms with van der Waals surface area (Å²) < 4.78 is 134. The van der Waals surface area contributed by atoms with Gasteiger partial charge in [0.1, 0.15) is 9.79 Å². The van der Waals surface area contributed by atoms with Crippen LogP contribution in [0.5, 0.6) is 0 Å². The molecule has 16 heteroatoms. The zero-order chi connectivity index (χ0) is 31.2. The number of hydrogen-bond acceptors (Lipinski definition) is 4. The lowest BCUT2D eigenvalue weighted by atomic mass is 9.89. The zero-order valence-corrected chi connectivity index (χ0v) is 25.1. The number of halogens is 8. The standard InChI is InChI=1S/C24H28Cl2F6N2O4S2/c1-12(2)14-8-17(24(30,31)32)21(19(26)10-14)40(37,38)34-22(4,5)7-6-13(3)15-9-16(23(27,28)29)20(18(25)11-15)39(33,35)36/h8-13,34H,6-7H2,1-5H3,(H2,33,35,36). The average molecular weight is 658 g/mol. The quantitative estimate of drug-likeness (QED) is 0.274. The fraction of sp³-hybridized carbons (Fsp3) is 0.500. The molecule has 0 saturated carbocycles. The number of primary sulfonamides is 1. The summed E-state index contributed by atoms with van der Waals surface area (Å²) in [6.07, 6.45) is -10.1. The SMILES string of the molecule is CC(C)c1cc(Cl)c(S(=O)(=O)NC(C)(C)CCC(C)c2cc(Cl)c(S(N)(=O)=O)c(C(F)(F)F)c2)c(C(F)(F)F)c1. The summed E-state index contributed by atoms with van der Waals surface area (Å²) >= 11 is 11.9. The van der Waals surface area contributed by atoms with E-state index in [1.165, 1.54) is 20.8 Å². The van der Waals surface area contributed by atoms with E-state index in [1.54, 1.807) is 13.8 Å². The van der Waals surface area contributed by atoms with Crippen molar-refractivity contribution in [3.63, 3.8) is 0 Å². The first kappa shape index (κ1) is 34.6. The van der Waals surface area contributed by atoms with Crippen LogP contribution in [-0.2, 0) is 32.4 Å². The molecule has 1 unspecified atom stereocenters. The third-order valence-corrected chi connectivity index (χ3v) is 9.77. The average Bonchev–Trinajstić information content (AvgIpc) is 2.73. The molecule has 0 aliphatic heterocycles. The Hall–Kier alpha value is -1.58. The van der Waals surface area contributed by atoms with Crippen LogP contribution in [0.2, 0.25) is 10.0 Å². The summed E-state index contributed by atoms with van der Waals surface area (Å²) in [6.45, 7) is 7.51. The molecule has 0 radical (unpaired) electrons. The Balaban J connectivity index is 2.40. The minimum atomic E-state index is -5.10. The molecule has 6 nitrogen and oxygen atoms in total. The van der Waals surface area contributed by atoms with Gasteiger partial charge in [-0.2, -0.15) is 26.3 Å². The van der Waals surface area contributed by atoms with Crippen LogP contribution in [-0.4, -0.2) is 22.4 Å². The predicted molar refractivity (Wildman–Crippen MR) is 140 cm³/mol. The highest BCUT2D eigenvalue weighted by atomic mass is 35.5. The summed E-state index contributed by atoms with van der Waals surface area (Å²) in [7, 11) is -9.64. The highest BCUT2D eigenvalue weighted by molar-refractivity contribution is 7.89. The molecule has 0 aromatic heterocycles. The monoisotopic (exact) mass is 656 g/mol. The fourth-order valence-electron chi connectivity index (χ4n) is 4.04. The lowest BCUT2D eigenvalue weighted by molar-refractivity contribution is -0.140. The molecule has 2 aromatic rings. The summed E-state index contributed by atoms with van der Waals surface area (Å²) in [5.74, 6) is -1.08. The molecule has 0 amide bonds. The van der Waals surface area contributed by atoms with E-state index in [-0.39, 0.29) is 29.9 Å². The lowest BCUT2D eigenvalue weighted by Gasteiger charge is -2.29. The molecule has 2 rings (SSSR count). The van der Waals surface area contributed by atoms with E-state index in [4.69, 9.17) is 28.3 Å². The molecule has 0 aliphatic carbocycles. The number of nitrogens with two attached hydrogens (primary N) is 1. The molecule has 226 valence electrons. The Kier molecular flexibility index (Phi) is 10.0. The van der Waals surface area contributed by atoms with Gasteiger partial charge in [0.05, 0.1) is 21.2 Å². The molecular weight excluding hydrogens is 629 g/mol. The molecule has 0 bridgehead atoms. The Morgan fingerprint density at radius 3 is 1.68 bits per heavy atom. The summed E-state index contributed by atoms with van der Waals surface area (Å²) in [5.41, 5.74) is -4.18. The number of alkyl halides is 6. The van der Waals surface area contributed by atoms with Crippen LogP contribution in [0.1, 0.15) is 81.5 Å². The van der Waals surface area contributed by atoms with Crippen molar-refractivity contribution in [1.82, 2.24) is 4.72 Å². The van der Waals surface area contributed by atoms with Gasteiger partial charge >= 0.3 is 12.4 Å². The van der Waals surface area contributed by atoms with Crippen molar-refractivity contribution >= 4 is 43.2 Å². The number of hydrogen-bond donors (Lipinski definition) is 2. The van der Waals surface area contributed by atoms with Gasteiger partial charge < -0.3 is 0 Å². The van der Waals surface area contributed by atoms with Gasteiger partial charge in [0, 0.05) is 5.54 Å². The molecule has 40 heavy (non-hydrogen) atoms. The Bertz CT molecular complexity index is 1490. The third-order valence-electron chi connectivity index (χ3n) is 6.14. The van der Waals surface area contributed by atoms with Gasteiger partial charge in [0.15, 0.2) is 0 Å². The van der Waals surface area contributed by atoms with Gasteiger partial charge in [-0.1, -0.05) is 44.0 Å². The summed E-state index contributed by atoms with van der Waals surface area (Å²) in [6, 6.07) is 3.49. The minimum Gasteiger partial charge on any atom is -0.225 e. The van der Waals surface area contributed by atoms with E-state index in [0.717, 1.165) is 18.2 Å². The maximum Gasteiger partial charge on any atom is 0.417 e. The topological polar surface area (TPSA) is 106 Å². The second kappa shape index (κ2) is 11.6. The highest BCUT2D eigenvalue weighted by Crippen LogP contribution is 2.42. The predicted octanol–water partition coefficient (Wildman–Crippen LogP) is 7.44. The van der Waals surface area contributed by atoms with Crippen molar-refractivity contribution in [1.29, 1.82) is 0 Å². The van der Waals surface area contributed by atoms with Gasteiger partial charge in [-0.3, -0.25) is 0 Å². The van der Waals surface area contributed by atoms with Crippen molar-refractivity contribution in [2.24, 2.45) is 5.14 Å². The Morgan fingerprint density at radius 1 is 0.800 bits per heavy atom. The number of nitrogens with one attached hydrogen (secondary N) is 1. The second-order valence-corrected chi connectivity index (χ2v) is 14.3. The largest absolute Gasteiger partial charge is 0.417 e. The van der Waals surface area contributed by atoms with Crippen LogP contribution in [0.4, 0.5) is 26.3 Å². The summed E-state index contributed by atoms with van der Waals surface area (Å²) in [5, 5.41) is 3.57. The number of rotatable bonds is 9. The normalized spacial score (nSPS) is 14.6. The molecular formula is C24H28Cl2F6N2O4S2. The highest BCUT2D eigenvalue weighted by Gasteiger charge is 2.41. The molecule has 0 aliphatic rings. The van der Waals surface area contributed by atoms with Gasteiger partial charge in [0.25, 0.3) is 0 Å². The van der Waals surface area contributed by atoms with Crippen LogP contribution >= 0.6 is 23.2 Å². The second-order valence-electron chi connectivity index (χ2n) is 10.4. The van der Waals surface area contributed by atoms with E-state index in [0.29, 0.717) is 6.07 Å². The van der Waals surface area contributed by atoms with Crippen LogP contribution in [0.3, 0.4) is 0 Å². The zero-order valence-electron chi connectivity index (χ0n) is 21.9. The number of sulfonamides is 2. The molecule has 1 atom stereocenters. The van der Waals surface area contributed by atoms with Crippen molar-refractivity contribution in [3.05, 3.63) is 56.6 Å². The first-order valence-electron chi connectivity index (χ1n) is 11.7. The van der Waals surface area contributed by atoms with Crippen molar-refractivity contribution in [3.8, 4) is 0 Å². The van der Waals surface area contributed by atoms with Crippen molar-refractivity contribution in [2.45, 2.75) is 87.0 Å². The van der Waals surface area contributed by atoms with E-state index in [1.807, 2.05) is 0 Å². The molecule has 0 saturated heterocycles. The number of benzene rings is 2. The van der Waals surface area contributed by atoms with E-state index < -0.39 is 74.8 Å². The van der Waals surface area contributed by atoms with E-state index >= 15 is 0 Å². The molecule has 0 heterocycles. The van der Waals surface area contributed by atoms with Crippen LogP contribution in [0.15, 0.2) is 34.1 Å². The lowest BCUT2D eigenvalue weighted by Crippen LogP contribution is -2.44. The minimum absolute atomic E-state index is 0.00458. The smallest absolute Gasteiger partial charge is 0.225 e. The van der Waals surface area contributed by atoms with Crippen molar-refractivity contribution in [2.75, 3.05) is 0 Å². The van der Waals surface area contributed by atoms with Gasteiger partial charge in [-0.25, -0.2) is 26.7 Å².